The van der Waals surface area contributed by atoms with E-state index in [1.165, 1.54) is 0 Å². The van der Waals surface area contributed by atoms with Crippen LogP contribution in [0.2, 0.25) is 0 Å². The second-order valence-electron chi connectivity index (χ2n) is 0.466. The van der Waals surface area contributed by atoms with Crippen LogP contribution in [0.1, 0.15) is 0 Å². The molecule has 0 N–H and O–H groups in total. The first kappa shape index (κ1) is 6.45. The summed E-state index contributed by atoms with van der Waals surface area (Å²) in [5.74, 6) is 0. The van der Waals surface area contributed by atoms with Crippen molar-refractivity contribution >= 4 is 21.0 Å². The average molecular weight is 216 g/mol. The second-order valence-corrected chi connectivity index (χ2v) is 2.66. The van der Waals surface area contributed by atoms with Gasteiger partial charge in [-0.05, 0) is 0 Å². The van der Waals surface area contributed by atoms with Gasteiger partial charge in [0.05, 0.1) is 0 Å². The van der Waals surface area contributed by atoms with Crippen molar-refractivity contribution in [1.29, 1.82) is 0 Å². The molecule has 40 valence electrons. The molecule has 0 aliphatic heterocycles. The molecule has 0 aromatic carbocycles. The van der Waals surface area contributed by atoms with E-state index >= 15 is 0 Å². The molecule has 0 unspecified atom stereocenters. The summed E-state index contributed by atoms with van der Waals surface area (Å²) in [5.41, 5.74) is 0. The van der Waals surface area contributed by atoms with E-state index in [-0.39, 0.29) is 0 Å². The summed E-state index contributed by atoms with van der Waals surface area (Å²) >= 11 is -4.72. The maximum atomic E-state index is 10.6. The van der Waals surface area contributed by atoms with Crippen LogP contribution >= 0.6 is 21.0 Å². The predicted octanol–water partition coefficient (Wildman–Crippen LogP) is 2.48. The molecule has 0 heterocycles. The first-order valence-corrected chi connectivity index (χ1v) is 3.82. The Morgan fingerprint density at radius 3 is 1.33 bits per heavy atom. The molecular weight excluding hydrogens is 215 g/mol. The molecule has 0 amide bonds. The van der Waals surface area contributed by atoms with Crippen molar-refractivity contribution in [2.45, 2.75) is 4.43 Å². The van der Waals surface area contributed by atoms with E-state index in [1.54, 1.807) is 0 Å². The molecule has 0 saturated carbocycles. The minimum absolute atomic E-state index is 3.32. The fourth-order valence-electron chi connectivity index (χ4n) is 0. The standard InChI is InChI=1S/CHF4I/c2-1(3)6(4)5/h1H. The van der Waals surface area contributed by atoms with Crippen LogP contribution in [0.4, 0.5) is 14.5 Å². The number of rotatable bonds is 1. The topological polar surface area (TPSA) is 0 Å². The molecule has 0 nitrogen and oxygen atoms in total. The quantitative estimate of drug-likeness (QED) is 0.358. The summed E-state index contributed by atoms with van der Waals surface area (Å²) in [6.07, 6.45) is 0. The monoisotopic (exact) mass is 216 g/mol. The zero-order valence-corrected chi connectivity index (χ0v) is 4.62. The third kappa shape index (κ3) is 2.67. The van der Waals surface area contributed by atoms with Gasteiger partial charge in [0.2, 0.25) is 0 Å². The Bertz CT molecular complexity index is 28.5. The molecule has 0 aliphatic carbocycles. The van der Waals surface area contributed by atoms with E-state index in [4.69, 9.17) is 0 Å². The molecule has 0 atom stereocenters. The normalized spacial score (nSPS) is 12.5. The Kier molecular flexibility index (Phi) is 2.79. The third-order valence-electron chi connectivity index (χ3n) is 0.125. The first-order valence-electron chi connectivity index (χ1n) is 0.940. The Morgan fingerprint density at radius 1 is 1.17 bits per heavy atom. The van der Waals surface area contributed by atoms with Crippen molar-refractivity contribution < 1.29 is 14.5 Å². The molecule has 0 saturated heterocycles. The Labute approximate surface area is 40.5 Å². The van der Waals surface area contributed by atoms with Crippen LogP contribution in [0.5, 0.6) is 0 Å². The van der Waals surface area contributed by atoms with Gasteiger partial charge in [-0.3, -0.25) is 0 Å². The van der Waals surface area contributed by atoms with Crippen LogP contribution in [0.25, 0.3) is 0 Å². The molecule has 0 spiro atoms. The van der Waals surface area contributed by atoms with Crippen LogP contribution in [0.3, 0.4) is 0 Å². The molecule has 0 rings (SSSR count). The van der Waals surface area contributed by atoms with Crippen molar-refractivity contribution in [3.63, 3.8) is 0 Å². The van der Waals surface area contributed by atoms with Gasteiger partial charge in [0, 0.05) is 0 Å². The zero-order valence-electron chi connectivity index (χ0n) is 2.47. The Morgan fingerprint density at radius 2 is 1.33 bits per heavy atom. The van der Waals surface area contributed by atoms with Crippen LogP contribution < -0.4 is 0 Å². The summed E-state index contributed by atoms with van der Waals surface area (Å²) in [4.78, 5) is 0. The summed E-state index contributed by atoms with van der Waals surface area (Å²) in [5, 5.41) is 0. The van der Waals surface area contributed by atoms with Crippen LogP contribution in [-0.4, -0.2) is 4.43 Å². The minimum atomic E-state index is -4.72. The van der Waals surface area contributed by atoms with Crippen molar-refractivity contribution in [3.8, 4) is 0 Å². The third-order valence-corrected chi connectivity index (χ3v) is 0.836. The fourth-order valence-corrected chi connectivity index (χ4v) is 0. The molecule has 0 radical (unpaired) electrons. The SMILES string of the molecule is FC(F)I(F)F. The van der Waals surface area contributed by atoms with E-state index in [0.717, 1.165) is 0 Å². The molecule has 0 aromatic heterocycles. The van der Waals surface area contributed by atoms with Gasteiger partial charge in [0.1, 0.15) is 0 Å². The fraction of sp³-hybridized carbons (Fsp3) is 1.00. The Balaban J connectivity index is 2.99. The van der Waals surface area contributed by atoms with Gasteiger partial charge in [0.25, 0.3) is 0 Å². The number of hydrogen-bond donors (Lipinski definition) is 0. The number of alkyl halides is 3. The van der Waals surface area contributed by atoms with Gasteiger partial charge in [-0.15, -0.1) is 0 Å². The van der Waals surface area contributed by atoms with E-state index in [1.807, 2.05) is 0 Å². The number of halogens is 5. The van der Waals surface area contributed by atoms with E-state index in [2.05, 4.69) is 0 Å². The second kappa shape index (κ2) is 2.59. The predicted molar refractivity (Wildman–Crippen MR) is 22.2 cm³/mol. The van der Waals surface area contributed by atoms with Gasteiger partial charge in [-0.1, -0.05) is 0 Å². The van der Waals surface area contributed by atoms with Crippen LogP contribution in [0, 0.1) is 0 Å². The van der Waals surface area contributed by atoms with Gasteiger partial charge >= 0.3 is 39.9 Å². The summed E-state index contributed by atoms with van der Waals surface area (Å²) in [7, 11) is 0. The summed E-state index contributed by atoms with van der Waals surface area (Å²) in [6.45, 7) is 0. The van der Waals surface area contributed by atoms with Gasteiger partial charge < -0.3 is 0 Å². The molecule has 0 aliphatic rings. The molecule has 6 heavy (non-hydrogen) atoms. The molecule has 0 fully saturated rings. The van der Waals surface area contributed by atoms with Gasteiger partial charge in [-0.25, -0.2) is 0 Å². The molecule has 5 heteroatoms. The van der Waals surface area contributed by atoms with Crippen molar-refractivity contribution in [3.05, 3.63) is 0 Å². The van der Waals surface area contributed by atoms with Crippen LogP contribution in [0.15, 0.2) is 0 Å². The van der Waals surface area contributed by atoms with Crippen molar-refractivity contribution in [2.24, 2.45) is 0 Å². The van der Waals surface area contributed by atoms with Gasteiger partial charge in [0.15, 0.2) is 0 Å². The van der Waals surface area contributed by atoms with Crippen LogP contribution in [-0.2, 0) is 0 Å². The average Bonchev–Trinajstić information content (AvgIpc) is 1.36. The van der Waals surface area contributed by atoms with E-state index < -0.39 is 25.4 Å². The van der Waals surface area contributed by atoms with E-state index in [9.17, 15) is 14.5 Å². The first-order chi connectivity index (χ1) is 2.64. The van der Waals surface area contributed by atoms with E-state index in [0.29, 0.717) is 0 Å². The molecule has 0 bridgehead atoms. The summed E-state index contributed by atoms with van der Waals surface area (Å²) in [6, 6.07) is 0. The zero-order chi connectivity index (χ0) is 5.15. The molecule has 0 aromatic rings. The van der Waals surface area contributed by atoms with Gasteiger partial charge in [-0.2, -0.15) is 0 Å². The van der Waals surface area contributed by atoms with Crippen molar-refractivity contribution in [2.75, 3.05) is 0 Å². The Hall–Kier alpha value is 0.450. The number of hydrogen-bond acceptors (Lipinski definition) is 0. The molecular formula is CHF4I. The maximum absolute atomic E-state index is 10.6. The summed E-state index contributed by atoms with van der Waals surface area (Å²) < 4.78 is 38.8. The van der Waals surface area contributed by atoms with Crippen molar-refractivity contribution in [1.82, 2.24) is 0 Å².